The zero-order valence-corrected chi connectivity index (χ0v) is 15.6. The molecule has 0 atom stereocenters. The molecule has 142 valence electrons. The Bertz CT molecular complexity index is 1110. The molecule has 0 saturated carbocycles. The van der Waals surface area contributed by atoms with Gasteiger partial charge in [-0.15, -0.1) is 0 Å². The highest BCUT2D eigenvalue weighted by atomic mass is 16.5. The molecule has 7 heteroatoms. The number of amidine groups is 1. The first-order valence-corrected chi connectivity index (χ1v) is 8.97. The average Bonchev–Trinajstić information content (AvgIpc) is 3.23. The number of aliphatic hydroxyl groups excluding tert-OH is 1. The van der Waals surface area contributed by atoms with E-state index in [-0.39, 0.29) is 18.1 Å². The zero-order valence-electron chi connectivity index (χ0n) is 15.6. The van der Waals surface area contributed by atoms with Gasteiger partial charge in [0, 0.05) is 12.2 Å². The number of para-hydroxylation sites is 2. The molecule has 0 aliphatic carbocycles. The number of anilines is 1. The van der Waals surface area contributed by atoms with Gasteiger partial charge < -0.3 is 19.3 Å². The number of imidazole rings is 1. The second kappa shape index (κ2) is 6.84. The van der Waals surface area contributed by atoms with Gasteiger partial charge in [0.25, 0.3) is 0 Å². The average molecular weight is 376 g/mol. The predicted octanol–water partition coefficient (Wildman–Crippen LogP) is 3.61. The fourth-order valence-corrected chi connectivity index (χ4v) is 3.52. The predicted molar refractivity (Wildman–Crippen MR) is 108 cm³/mol. The fourth-order valence-electron chi connectivity index (χ4n) is 3.52. The van der Waals surface area contributed by atoms with Crippen LogP contribution in [0.25, 0.3) is 16.6 Å². The van der Waals surface area contributed by atoms with E-state index in [0.717, 1.165) is 11.0 Å². The summed E-state index contributed by atoms with van der Waals surface area (Å²) in [5, 5.41) is 19.3. The number of nitrogens with one attached hydrogen (secondary N) is 1. The lowest BCUT2D eigenvalue weighted by molar-refractivity contribution is 0.0600. The molecule has 4 rings (SSSR count). The minimum atomic E-state index is -0.415. The molecule has 1 aromatic heterocycles. The third kappa shape index (κ3) is 2.72. The molecular weight excluding hydrogens is 356 g/mol. The maximum atomic E-state index is 11.6. The first kappa shape index (κ1) is 17.8. The number of ether oxygens (including phenoxy) is 1. The number of nitrogens with zero attached hydrogens (tertiary/aromatic N) is 3. The van der Waals surface area contributed by atoms with Crippen LogP contribution in [0.4, 0.5) is 5.69 Å². The van der Waals surface area contributed by atoms with Crippen molar-refractivity contribution >= 4 is 34.1 Å². The maximum Gasteiger partial charge on any atom is 0.337 e. The molecule has 1 aliphatic heterocycles. The number of aryl methyl sites for hydroxylation is 1. The molecule has 0 saturated heterocycles. The normalized spacial score (nSPS) is 14.2. The van der Waals surface area contributed by atoms with E-state index in [1.165, 1.54) is 7.11 Å². The molecule has 0 fully saturated rings. The Morgan fingerprint density at radius 2 is 1.93 bits per heavy atom. The van der Waals surface area contributed by atoms with Crippen LogP contribution < -0.4 is 4.90 Å². The van der Waals surface area contributed by atoms with E-state index in [1.807, 2.05) is 35.8 Å². The van der Waals surface area contributed by atoms with Crippen LogP contribution >= 0.6 is 0 Å². The molecule has 28 heavy (non-hydrogen) atoms. The highest BCUT2D eigenvalue weighted by Crippen LogP contribution is 2.32. The number of fused-ring (bicyclic) bond motifs is 1. The highest BCUT2D eigenvalue weighted by molar-refractivity contribution is 6.30. The number of rotatable bonds is 4. The molecule has 1 aliphatic rings. The minimum absolute atomic E-state index is 0.104. The minimum Gasteiger partial charge on any atom is -0.509 e. The number of carbonyl (C=O) groups excluding carboxylic acids is 1. The Morgan fingerprint density at radius 3 is 2.61 bits per heavy atom. The van der Waals surface area contributed by atoms with Gasteiger partial charge in [-0.3, -0.25) is 5.41 Å². The number of hydrogen-bond donors (Lipinski definition) is 2. The quantitative estimate of drug-likeness (QED) is 0.679. The SMILES string of the molecule is CCn1c(C2=C(O)CN(c3ccc(C(=O)OC)cc3)C2=N)nc2ccccc21. The van der Waals surface area contributed by atoms with Gasteiger partial charge in [-0.1, -0.05) is 12.1 Å². The molecule has 0 unspecified atom stereocenters. The summed E-state index contributed by atoms with van der Waals surface area (Å²) in [6, 6.07) is 14.5. The second-order valence-corrected chi connectivity index (χ2v) is 6.46. The van der Waals surface area contributed by atoms with Crippen LogP contribution in [0, 0.1) is 5.41 Å². The van der Waals surface area contributed by atoms with E-state index in [0.29, 0.717) is 29.2 Å². The number of aliphatic hydroxyl groups is 1. The van der Waals surface area contributed by atoms with Crippen LogP contribution in [0.3, 0.4) is 0 Å². The summed E-state index contributed by atoms with van der Waals surface area (Å²) in [6.07, 6.45) is 0. The van der Waals surface area contributed by atoms with Crippen LogP contribution in [0.5, 0.6) is 0 Å². The summed E-state index contributed by atoms with van der Waals surface area (Å²) in [5.74, 6) is 0.446. The second-order valence-electron chi connectivity index (χ2n) is 6.46. The highest BCUT2D eigenvalue weighted by Gasteiger charge is 2.32. The van der Waals surface area contributed by atoms with Gasteiger partial charge in [0.15, 0.2) is 0 Å². The van der Waals surface area contributed by atoms with Crippen LogP contribution in [0.15, 0.2) is 54.3 Å². The van der Waals surface area contributed by atoms with Crippen molar-refractivity contribution in [2.24, 2.45) is 0 Å². The summed E-state index contributed by atoms with van der Waals surface area (Å²) in [5.41, 5.74) is 3.36. The van der Waals surface area contributed by atoms with Gasteiger partial charge in [0.2, 0.25) is 0 Å². The standard InChI is InChI=1S/C21H20N4O3/c1-3-24-16-7-5-4-6-15(16)23-20(24)18-17(26)12-25(19(18)22)14-10-8-13(9-11-14)21(27)28-2/h4-11,22,26H,3,12H2,1-2H3. The monoisotopic (exact) mass is 376 g/mol. The van der Waals surface area contributed by atoms with Crippen LogP contribution in [-0.4, -0.2) is 40.1 Å². The van der Waals surface area contributed by atoms with Gasteiger partial charge >= 0.3 is 5.97 Å². The molecule has 3 aromatic rings. The number of benzene rings is 2. The molecule has 2 N–H and O–H groups in total. The summed E-state index contributed by atoms with van der Waals surface area (Å²) in [7, 11) is 1.33. The van der Waals surface area contributed by atoms with Crippen molar-refractivity contribution in [1.82, 2.24) is 9.55 Å². The Labute approximate surface area is 162 Å². The summed E-state index contributed by atoms with van der Waals surface area (Å²) < 4.78 is 6.71. The molecular formula is C21H20N4O3. The van der Waals surface area contributed by atoms with Crippen molar-refractivity contribution in [2.75, 3.05) is 18.6 Å². The molecule has 2 aromatic carbocycles. The summed E-state index contributed by atoms with van der Waals surface area (Å²) >= 11 is 0. The van der Waals surface area contributed by atoms with Gasteiger partial charge in [-0.05, 0) is 43.3 Å². The molecule has 0 radical (unpaired) electrons. The third-order valence-electron chi connectivity index (χ3n) is 4.90. The number of aromatic nitrogens is 2. The van der Waals surface area contributed by atoms with Gasteiger partial charge in [0.1, 0.15) is 17.4 Å². The van der Waals surface area contributed by atoms with Crippen molar-refractivity contribution in [3.8, 4) is 0 Å². The molecule has 0 bridgehead atoms. The van der Waals surface area contributed by atoms with E-state index in [1.54, 1.807) is 29.2 Å². The molecule has 0 spiro atoms. The van der Waals surface area contributed by atoms with E-state index in [4.69, 9.17) is 10.1 Å². The Kier molecular flexibility index (Phi) is 4.35. The summed E-state index contributed by atoms with van der Waals surface area (Å²) in [6.45, 7) is 2.86. The van der Waals surface area contributed by atoms with Crippen molar-refractivity contribution < 1.29 is 14.6 Å². The van der Waals surface area contributed by atoms with E-state index < -0.39 is 5.97 Å². The van der Waals surface area contributed by atoms with Crippen LogP contribution in [-0.2, 0) is 11.3 Å². The maximum absolute atomic E-state index is 11.6. The smallest absolute Gasteiger partial charge is 0.337 e. The summed E-state index contributed by atoms with van der Waals surface area (Å²) in [4.78, 5) is 18.0. The number of hydrogen-bond acceptors (Lipinski definition) is 5. The van der Waals surface area contributed by atoms with E-state index in [9.17, 15) is 9.90 Å². The number of esters is 1. The van der Waals surface area contributed by atoms with E-state index >= 15 is 0 Å². The first-order chi connectivity index (χ1) is 13.5. The van der Waals surface area contributed by atoms with Crippen LogP contribution in [0.1, 0.15) is 23.1 Å². The molecule has 0 amide bonds. The van der Waals surface area contributed by atoms with Gasteiger partial charge in [-0.25, -0.2) is 9.78 Å². The molecule has 7 nitrogen and oxygen atoms in total. The lowest BCUT2D eigenvalue weighted by atomic mass is 10.2. The Hall–Kier alpha value is -3.61. The van der Waals surface area contributed by atoms with Gasteiger partial charge in [-0.2, -0.15) is 0 Å². The topological polar surface area (TPSA) is 91.4 Å². The Morgan fingerprint density at radius 1 is 1.21 bits per heavy atom. The molecule has 2 heterocycles. The van der Waals surface area contributed by atoms with Crippen molar-refractivity contribution in [1.29, 1.82) is 5.41 Å². The lowest BCUT2D eigenvalue weighted by Gasteiger charge is -2.19. The van der Waals surface area contributed by atoms with Crippen molar-refractivity contribution in [2.45, 2.75) is 13.5 Å². The van der Waals surface area contributed by atoms with Crippen LogP contribution in [0.2, 0.25) is 0 Å². The van der Waals surface area contributed by atoms with Crippen molar-refractivity contribution in [3.05, 3.63) is 65.7 Å². The third-order valence-corrected chi connectivity index (χ3v) is 4.90. The van der Waals surface area contributed by atoms with Crippen molar-refractivity contribution in [3.63, 3.8) is 0 Å². The largest absolute Gasteiger partial charge is 0.509 e. The first-order valence-electron chi connectivity index (χ1n) is 8.97. The van der Waals surface area contributed by atoms with Gasteiger partial charge in [0.05, 0.1) is 35.8 Å². The zero-order chi connectivity index (χ0) is 19.8. The fraction of sp³-hybridized carbons (Fsp3) is 0.190. The number of methoxy groups -OCH3 is 1. The lowest BCUT2D eigenvalue weighted by Crippen LogP contribution is -2.26. The number of carbonyl (C=O) groups is 1. The van der Waals surface area contributed by atoms with E-state index in [2.05, 4.69) is 4.98 Å². The Balaban J connectivity index is 1.71.